The molecule has 3 aromatic heterocycles. The van der Waals surface area contributed by atoms with E-state index < -0.39 is 0 Å². The molecular weight excluding hydrogens is 374 g/mol. The molecule has 142 valence electrons. The molecule has 4 aromatic rings. The van der Waals surface area contributed by atoms with E-state index in [4.69, 9.17) is 0 Å². The minimum absolute atomic E-state index is 0.0354. The number of aryl methyl sites for hydroxylation is 2. The van der Waals surface area contributed by atoms with Crippen LogP contribution in [0.15, 0.2) is 52.6 Å². The number of anilines is 1. The summed E-state index contributed by atoms with van der Waals surface area (Å²) in [6.07, 6.45) is 0.947. The lowest BCUT2D eigenvalue weighted by Crippen LogP contribution is -2.25. The zero-order valence-electron chi connectivity index (χ0n) is 15.5. The van der Waals surface area contributed by atoms with Gasteiger partial charge in [0.2, 0.25) is 11.7 Å². The number of aromatic nitrogens is 4. The average Bonchev–Trinajstić information content (AvgIpc) is 3.35. The minimum atomic E-state index is -0.269. The molecule has 0 fully saturated rings. The predicted molar refractivity (Wildman–Crippen MR) is 110 cm³/mol. The normalized spacial score (nSPS) is 11.1. The number of hydrogen-bond donors (Lipinski definition) is 1. The van der Waals surface area contributed by atoms with Gasteiger partial charge in [-0.25, -0.2) is 0 Å². The van der Waals surface area contributed by atoms with Gasteiger partial charge in [0.25, 0.3) is 5.56 Å². The van der Waals surface area contributed by atoms with Crippen LogP contribution >= 0.6 is 11.3 Å². The quantitative estimate of drug-likeness (QED) is 0.565. The SMILES string of the molecule is CCc1ccc(NC(=O)Cn2c(C)cc(=O)n3nc(-c4cccs4)nc23)cc1. The first kappa shape index (κ1) is 18.1. The summed E-state index contributed by atoms with van der Waals surface area (Å²) in [4.78, 5) is 30.3. The van der Waals surface area contributed by atoms with Crippen molar-refractivity contribution >= 4 is 28.7 Å². The summed E-state index contributed by atoms with van der Waals surface area (Å²) in [5, 5.41) is 9.13. The van der Waals surface area contributed by atoms with Gasteiger partial charge in [0, 0.05) is 17.4 Å². The second-order valence-corrected chi connectivity index (χ2v) is 7.38. The zero-order chi connectivity index (χ0) is 19.7. The number of fused-ring (bicyclic) bond motifs is 1. The van der Waals surface area contributed by atoms with Crippen LogP contribution in [-0.2, 0) is 17.8 Å². The Bertz CT molecular complexity index is 1190. The molecule has 0 aliphatic heterocycles. The Labute approximate surface area is 165 Å². The zero-order valence-corrected chi connectivity index (χ0v) is 16.4. The van der Waals surface area contributed by atoms with E-state index in [2.05, 4.69) is 22.3 Å². The lowest BCUT2D eigenvalue weighted by molar-refractivity contribution is -0.116. The number of thiophene rings is 1. The van der Waals surface area contributed by atoms with E-state index in [-0.39, 0.29) is 18.0 Å². The van der Waals surface area contributed by atoms with Gasteiger partial charge in [0.15, 0.2) is 5.82 Å². The molecule has 0 atom stereocenters. The largest absolute Gasteiger partial charge is 0.325 e. The Morgan fingerprint density at radius 2 is 2.00 bits per heavy atom. The van der Waals surface area contributed by atoms with Crippen LogP contribution in [0, 0.1) is 6.92 Å². The monoisotopic (exact) mass is 393 g/mol. The van der Waals surface area contributed by atoms with Crippen molar-refractivity contribution < 1.29 is 4.79 Å². The standard InChI is InChI=1S/C20H19N5O2S/c1-3-14-6-8-15(9-7-14)21-17(26)12-24-13(2)11-18(27)25-20(24)22-19(23-25)16-5-4-10-28-16/h4-11H,3,12H2,1-2H3,(H,21,26). The first-order valence-electron chi connectivity index (χ1n) is 8.95. The molecule has 8 heteroatoms. The van der Waals surface area contributed by atoms with Crippen LogP contribution < -0.4 is 10.9 Å². The van der Waals surface area contributed by atoms with E-state index in [9.17, 15) is 9.59 Å². The van der Waals surface area contributed by atoms with E-state index in [0.717, 1.165) is 17.0 Å². The molecule has 7 nitrogen and oxygen atoms in total. The first-order chi connectivity index (χ1) is 13.5. The van der Waals surface area contributed by atoms with Crippen molar-refractivity contribution in [1.29, 1.82) is 0 Å². The summed E-state index contributed by atoms with van der Waals surface area (Å²) in [7, 11) is 0. The number of nitrogens with one attached hydrogen (secondary N) is 1. The van der Waals surface area contributed by atoms with Gasteiger partial charge >= 0.3 is 0 Å². The molecule has 0 saturated heterocycles. The van der Waals surface area contributed by atoms with Crippen LogP contribution in [0.5, 0.6) is 0 Å². The molecule has 0 spiro atoms. The summed E-state index contributed by atoms with van der Waals surface area (Å²) in [6, 6.07) is 13.0. The highest BCUT2D eigenvalue weighted by molar-refractivity contribution is 7.13. The fraction of sp³-hybridized carbons (Fsp3) is 0.200. The van der Waals surface area contributed by atoms with Gasteiger partial charge in [-0.05, 0) is 42.5 Å². The van der Waals surface area contributed by atoms with Crippen LogP contribution in [0.3, 0.4) is 0 Å². The molecule has 0 aliphatic carbocycles. The van der Waals surface area contributed by atoms with Gasteiger partial charge in [-0.15, -0.1) is 16.4 Å². The highest BCUT2D eigenvalue weighted by Crippen LogP contribution is 2.21. The molecule has 1 amide bonds. The summed E-state index contributed by atoms with van der Waals surface area (Å²) in [5.41, 5.74) is 2.33. The Morgan fingerprint density at radius 3 is 2.68 bits per heavy atom. The number of amides is 1. The molecule has 0 unspecified atom stereocenters. The van der Waals surface area contributed by atoms with E-state index in [1.807, 2.05) is 41.8 Å². The lowest BCUT2D eigenvalue weighted by atomic mass is 10.1. The van der Waals surface area contributed by atoms with Crippen molar-refractivity contribution in [3.05, 3.63) is 69.5 Å². The van der Waals surface area contributed by atoms with Crippen molar-refractivity contribution in [2.45, 2.75) is 26.8 Å². The van der Waals surface area contributed by atoms with Crippen LogP contribution in [0.4, 0.5) is 5.69 Å². The van der Waals surface area contributed by atoms with E-state index in [1.54, 1.807) is 11.5 Å². The molecule has 0 aliphatic rings. The number of carbonyl (C=O) groups excluding carboxylic acids is 1. The van der Waals surface area contributed by atoms with Crippen molar-refractivity contribution in [2.24, 2.45) is 0 Å². The third-order valence-corrected chi connectivity index (χ3v) is 5.35. The third-order valence-electron chi connectivity index (χ3n) is 4.49. The van der Waals surface area contributed by atoms with Crippen LogP contribution in [0.2, 0.25) is 0 Å². The van der Waals surface area contributed by atoms with Crippen molar-refractivity contribution in [3.8, 4) is 10.7 Å². The van der Waals surface area contributed by atoms with Gasteiger partial charge in [0.05, 0.1) is 4.88 Å². The lowest BCUT2D eigenvalue weighted by Gasteiger charge is -2.12. The molecule has 28 heavy (non-hydrogen) atoms. The molecule has 1 N–H and O–H groups in total. The summed E-state index contributed by atoms with van der Waals surface area (Å²) < 4.78 is 2.94. The Kier molecular flexibility index (Phi) is 4.79. The van der Waals surface area contributed by atoms with Gasteiger partial charge < -0.3 is 9.88 Å². The number of nitrogens with zero attached hydrogens (tertiary/aromatic N) is 4. The van der Waals surface area contributed by atoms with Crippen LogP contribution in [0.25, 0.3) is 16.5 Å². The average molecular weight is 393 g/mol. The molecular formula is C20H19N5O2S. The fourth-order valence-electron chi connectivity index (χ4n) is 2.98. The van der Waals surface area contributed by atoms with Crippen LogP contribution in [0.1, 0.15) is 18.2 Å². The van der Waals surface area contributed by atoms with E-state index in [1.165, 1.54) is 27.5 Å². The number of hydrogen-bond acceptors (Lipinski definition) is 5. The maximum absolute atomic E-state index is 12.6. The van der Waals surface area contributed by atoms with Gasteiger partial charge in [-0.3, -0.25) is 9.59 Å². The Balaban J connectivity index is 1.65. The first-order valence-corrected chi connectivity index (χ1v) is 9.83. The van der Waals surface area contributed by atoms with Crippen molar-refractivity contribution in [2.75, 3.05) is 5.32 Å². The number of carbonyl (C=O) groups is 1. The van der Waals surface area contributed by atoms with Gasteiger partial charge in [-0.2, -0.15) is 9.50 Å². The van der Waals surface area contributed by atoms with Crippen molar-refractivity contribution in [1.82, 2.24) is 19.2 Å². The maximum Gasteiger partial charge on any atom is 0.275 e. The number of benzene rings is 1. The van der Waals surface area contributed by atoms with E-state index in [0.29, 0.717) is 17.3 Å². The molecule has 0 radical (unpaired) electrons. The Morgan fingerprint density at radius 1 is 1.21 bits per heavy atom. The van der Waals surface area contributed by atoms with Gasteiger partial charge in [0.1, 0.15) is 6.54 Å². The summed E-state index contributed by atoms with van der Waals surface area (Å²) >= 11 is 1.50. The minimum Gasteiger partial charge on any atom is -0.325 e. The fourth-order valence-corrected chi connectivity index (χ4v) is 3.63. The molecule has 1 aromatic carbocycles. The predicted octanol–water partition coefficient (Wildman–Crippen LogP) is 3.13. The topological polar surface area (TPSA) is 81.3 Å². The highest BCUT2D eigenvalue weighted by Gasteiger charge is 2.16. The highest BCUT2D eigenvalue weighted by atomic mass is 32.1. The van der Waals surface area contributed by atoms with E-state index >= 15 is 0 Å². The third kappa shape index (κ3) is 3.46. The maximum atomic E-state index is 12.6. The van der Waals surface area contributed by atoms with Crippen LogP contribution in [-0.4, -0.2) is 25.1 Å². The summed E-state index contributed by atoms with van der Waals surface area (Å²) in [5.74, 6) is 0.630. The molecule has 0 saturated carbocycles. The van der Waals surface area contributed by atoms with Gasteiger partial charge in [-0.1, -0.05) is 25.1 Å². The molecule has 3 heterocycles. The smallest absolute Gasteiger partial charge is 0.275 e. The van der Waals surface area contributed by atoms with Crippen molar-refractivity contribution in [3.63, 3.8) is 0 Å². The Hall–Kier alpha value is -3.26. The number of rotatable bonds is 5. The second-order valence-electron chi connectivity index (χ2n) is 6.43. The second kappa shape index (κ2) is 7.40. The molecule has 4 rings (SSSR count). The molecule has 0 bridgehead atoms. The summed E-state index contributed by atoms with van der Waals surface area (Å²) in [6.45, 7) is 3.90.